The third kappa shape index (κ3) is 1.42. The van der Waals surface area contributed by atoms with Gasteiger partial charge in [-0.2, -0.15) is 0 Å². The standard InChI is InChI=1S/C13H11N3O/c14-10-7-4-8-11-12(10)13(17)15-16(11)9-5-2-1-3-6-9/h1-8H,14H2,(H,15,17). The summed E-state index contributed by atoms with van der Waals surface area (Å²) in [5.74, 6) is 0. The van der Waals surface area contributed by atoms with Crippen LogP contribution in [-0.2, 0) is 0 Å². The van der Waals surface area contributed by atoms with Crippen molar-refractivity contribution in [3.8, 4) is 5.69 Å². The summed E-state index contributed by atoms with van der Waals surface area (Å²) in [6.45, 7) is 0. The van der Waals surface area contributed by atoms with Crippen LogP contribution in [0.25, 0.3) is 16.6 Å². The molecule has 0 unspecified atom stereocenters. The minimum Gasteiger partial charge on any atom is -0.398 e. The zero-order chi connectivity index (χ0) is 11.8. The van der Waals surface area contributed by atoms with E-state index >= 15 is 0 Å². The Hall–Kier alpha value is -2.49. The molecule has 0 atom stereocenters. The van der Waals surface area contributed by atoms with Crippen LogP contribution in [0.3, 0.4) is 0 Å². The van der Waals surface area contributed by atoms with Crippen LogP contribution in [0.1, 0.15) is 0 Å². The van der Waals surface area contributed by atoms with Crippen LogP contribution in [0.5, 0.6) is 0 Å². The number of fused-ring (bicyclic) bond motifs is 1. The third-order valence-electron chi connectivity index (χ3n) is 2.77. The lowest BCUT2D eigenvalue weighted by Gasteiger charge is -2.03. The second-order valence-electron chi connectivity index (χ2n) is 3.85. The van der Waals surface area contributed by atoms with E-state index in [1.54, 1.807) is 10.7 Å². The second-order valence-corrected chi connectivity index (χ2v) is 3.85. The Labute approximate surface area is 97.3 Å². The van der Waals surface area contributed by atoms with Crippen molar-refractivity contribution in [1.29, 1.82) is 0 Å². The lowest BCUT2D eigenvalue weighted by atomic mass is 10.2. The zero-order valence-electron chi connectivity index (χ0n) is 9.05. The smallest absolute Gasteiger partial charge is 0.274 e. The molecule has 0 saturated carbocycles. The maximum Gasteiger partial charge on any atom is 0.274 e. The molecule has 4 heteroatoms. The molecule has 0 aliphatic rings. The number of hydrogen-bond donors (Lipinski definition) is 2. The van der Waals surface area contributed by atoms with Gasteiger partial charge < -0.3 is 5.73 Å². The molecule has 0 radical (unpaired) electrons. The summed E-state index contributed by atoms with van der Waals surface area (Å²) in [6, 6.07) is 15.1. The van der Waals surface area contributed by atoms with E-state index in [1.807, 2.05) is 42.5 Å². The number of nitrogens with one attached hydrogen (secondary N) is 1. The highest BCUT2D eigenvalue weighted by atomic mass is 16.1. The third-order valence-corrected chi connectivity index (χ3v) is 2.77. The molecular weight excluding hydrogens is 214 g/mol. The first-order chi connectivity index (χ1) is 8.27. The minimum absolute atomic E-state index is 0.165. The number of anilines is 1. The molecular formula is C13H11N3O. The Balaban J connectivity index is 2.40. The molecule has 0 spiro atoms. The number of nitrogen functional groups attached to an aromatic ring is 1. The van der Waals surface area contributed by atoms with Crippen LogP contribution in [0.2, 0.25) is 0 Å². The molecule has 2 aromatic carbocycles. The molecule has 3 N–H and O–H groups in total. The molecule has 4 nitrogen and oxygen atoms in total. The van der Waals surface area contributed by atoms with Gasteiger partial charge in [0, 0.05) is 5.69 Å². The maximum atomic E-state index is 11.8. The van der Waals surface area contributed by atoms with Crippen LogP contribution in [0.15, 0.2) is 53.3 Å². The van der Waals surface area contributed by atoms with Gasteiger partial charge in [0.15, 0.2) is 0 Å². The molecule has 1 aromatic heterocycles. The molecule has 3 aromatic rings. The number of rotatable bonds is 1. The molecule has 0 bridgehead atoms. The Morgan fingerprint density at radius 3 is 2.53 bits per heavy atom. The number of nitrogens with zero attached hydrogens (tertiary/aromatic N) is 1. The van der Waals surface area contributed by atoms with E-state index in [4.69, 9.17) is 5.73 Å². The van der Waals surface area contributed by atoms with Crippen molar-refractivity contribution in [3.63, 3.8) is 0 Å². The largest absolute Gasteiger partial charge is 0.398 e. The molecule has 0 fully saturated rings. The van der Waals surface area contributed by atoms with Crippen LogP contribution in [0, 0.1) is 0 Å². The van der Waals surface area contributed by atoms with Gasteiger partial charge in [-0.3, -0.25) is 14.6 Å². The number of para-hydroxylation sites is 1. The first-order valence-corrected chi connectivity index (χ1v) is 5.32. The second kappa shape index (κ2) is 3.52. The molecule has 84 valence electrons. The molecule has 0 aliphatic carbocycles. The van der Waals surface area contributed by atoms with Gasteiger partial charge in [0.2, 0.25) is 0 Å². The van der Waals surface area contributed by atoms with Crippen molar-refractivity contribution in [2.45, 2.75) is 0 Å². The lowest BCUT2D eigenvalue weighted by Crippen LogP contribution is -2.04. The van der Waals surface area contributed by atoms with Gasteiger partial charge in [0.1, 0.15) is 0 Å². The van der Waals surface area contributed by atoms with E-state index in [1.165, 1.54) is 0 Å². The maximum absolute atomic E-state index is 11.8. The summed E-state index contributed by atoms with van der Waals surface area (Å²) < 4.78 is 1.74. The molecule has 0 amide bonds. The van der Waals surface area contributed by atoms with Crippen molar-refractivity contribution >= 4 is 16.6 Å². The number of hydrogen-bond acceptors (Lipinski definition) is 2. The average Bonchev–Trinajstić information content (AvgIpc) is 2.69. The topological polar surface area (TPSA) is 63.8 Å². The van der Waals surface area contributed by atoms with Crippen LogP contribution in [0.4, 0.5) is 5.69 Å². The highest BCUT2D eigenvalue weighted by Crippen LogP contribution is 2.19. The van der Waals surface area contributed by atoms with Crippen molar-refractivity contribution in [3.05, 3.63) is 58.9 Å². The lowest BCUT2D eigenvalue weighted by molar-refractivity contribution is 0.891. The highest BCUT2D eigenvalue weighted by Gasteiger charge is 2.09. The number of aromatic nitrogens is 2. The SMILES string of the molecule is Nc1cccc2c1c(=O)[nH]n2-c1ccccc1. The van der Waals surface area contributed by atoms with Crippen molar-refractivity contribution in [1.82, 2.24) is 9.78 Å². The van der Waals surface area contributed by atoms with E-state index in [-0.39, 0.29) is 5.56 Å². The number of H-pyrrole nitrogens is 1. The van der Waals surface area contributed by atoms with Crippen molar-refractivity contribution < 1.29 is 0 Å². The van der Waals surface area contributed by atoms with E-state index < -0.39 is 0 Å². The fourth-order valence-electron chi connectivity index (χ4n) is 1.99. The fourth-order valence-corrected chi connectivity index (χ4v) is 1.99. The van der Waals surface area contributed by atoms with Crippen molar-refractivity contribution in [2.75, 3.05) is 5.73 Å². The van der Waals surface area contributed by atoms with Crippen LogP contribution < -0.4 is 11.3 Å². The summed E-state index contributed by atoms with van der Waals surface area (Å²) in [6.07, 6.45) is 0. The minimum atomic E-state index is -0.165. The molecule has 3 rings (SSSR count). The normalized spacial score (nSPS) is 10.8. The molecule has 17 heavy (non-hydrogen) atoms. The Morgan fingerprint density at radius 1 is 1.00 bits per heavy atom. The average molecular weight is 225 g/mol. The highest BCUT2D eigenvalue weighted by molar-refractivity contribution is 5.90. The Kier molecular flexibility index (Phi) is 2.01. The van der Waals surface area contributed by atoms with Gasteiger partial charge in [-0.25, -0.2) is 0 Å². The van der Waals surface area contributed by atoms with Gasteiger partial charge in [-0.1, -0.05) is 24.3 Å². The van der Waals surface area contributed by atoms with Gasteiger partial charge in [0.25, 0.3) is 5.56 Å². The van der Waals surface area contributed by atoms with Gasteiger partial charge >= 0.3 is 0 Å². The number of aromatic amines is 1. The van der Waals surface area contributed by atoms with Gasteiger partial charge in [0.05, 0.1) is 16.6 Å². The Bertz CT molecular complexity index is 725. The van der Waals surface area contributed by atoms with Crippen LogP contribution in [-0.4, -0.2) is 9.78 Å². The first-order valence-electron chi connectivity index (χ1n) is 5.32. The molecule has 0 saturated heterocycles. The molecule has 1 heterocycles. The summed E-state index contributed by atoms with van der Waals surface area (Å²) >= 11 is 0. The quantitative estimate of drug-likeness (QED) is 0.621. The van der Waals surface area contributed by atoms with Gasteiger partial charge in [-0.05, 0) is 24.3 Å². The summed E-state index contributed by atoms with van der Waals surface area (Å²) in [4.78, 5) is 11.8. The molecule has 0 aliphatic heterocycles. The van der Waals surface area contributed by atoms with E-state index in [0.29, 0.717) is 11.1 Å². The monoisotopic (exact) mass is 225 g/mol. The summed E-state index contributed by atoms with van der Waals surface area (Å²) in [5, 5.41) is 3.33. The zero-order valence-corrected chi connectivity index (χ0v) is 9.05. The van der Waals surface area contributed by atoms with Crippen molar-refractivity contribution in [2.24, 2.45) is 0 Å². The van der Waals surface area contributed by atoms with Crippen LogP contribution >= 0.6 is 0 Å². The van der Waals surface area contributed by atoms with E-state index in [2.05, 4.69) is 5.10 Å². The van der Waals surface area contributed by atoms with E-state index in [0.717, 1.165) is 11.2 Å². The Morgan fingerprint density at radius 2 is 1.76 bits per heavy atom. The van der Waals surface area contributed by atoms with E-state index in [9.17, 15) is 4.79 Å². The summed E-state index contributed by atoms with van der Waals surface area (Å²) in [5.41, 5.74) is 7.85. The number of nitrogens with two attached hydrogens (primary N) is 1. The fraction of sp³-hybridized carbons (Fsp3) is 0. The predicted octanol–water partition coefficient (Wildman–Crippen LogP) is 1.90. The number of benzene rings is 2. The first kappa shape index (κ1) is 9.72. The predicted molar refractivity (Wildman–Crippen MR) is 68.3 cm³/mol. The summed E-state index contributed by atoms with van der Waals surface area (Å²) in [7, 11) is 0. The van der Waals surface area contributed by atoms with Gasteiger partial charge in [-0.15, -0.1) is 0 Å².